The summed E-state index contributed by atoms with van der Waals surface area (Å²) in [4.78, 5) is 26.2. The Bertz CT molecular complexity index is 730. The number of amides is 1. The van der Waals surface area contributed by atoms with Crippen LogP contribution in [0, 0.1) is 5.41 Å². The summed E-state index contributed by atoms with van der Waals surface area (Å²) in [7, 11) is 4.32. The topological polar surface area (TPSA) is 74.3 Å². The lowest BCUT2D eigenvalue weighted by atomic mass is 9.76. The number of ether oxygens (including phenoxy) is 4. The number of rotatable bonds is 5. The fourth-order valence-corrected chi connectivity index (χ4v) is 4.36. The van der Waals surface area contributed by atoms with Crippen molar-refractivity contribution < 1.29 is 28.5 Å². The highest BCUT2D eigenvalue weighted by Gasteiger charge is 2.52. The van der Waals surface area contributed by atoms with E-state index in [9.17, 15) is 9.59 Å². The van der Waals surface area contributed by atoms with Gasteiger partial charge in [-0.2, -0.15) is 0 Å². The van der Waals surface area contributed by atoms with Crippen molar-refractivity contribution in [3.63, 3.8) is 0 Å². The Morgan fingerprint density at radius 3 is 2.39 bits per heavy atom. The second-order valence-electron chi connectivity index (χ2n) is 7.75. The Balaban J connectivity index is 1.94. The van der Waals surface area contributed by atoms with Crippen LogP contribution in [0.3, 0.4) is 0 Å². The summed E-state index contributed by atoms with van der Waals surface area (Å²) < 4.78 is 21.6. The van der Waals surface area contributed by atoms with Crippen LogP contribution < -0.4 is 9.47 Å². The molecule has 0 N–H and O–H groups in total. The van der Waals surface area contributed by atoms with Crippen LogP contribution in [0.25, 0.3) is 0 Å². The van der Waals surface area contributed by atoms with E-state index in [1.54, 1.807) is 12.0 Å². The molecule has 2 aliphatic rings. The normalized spacial score (nSPS) is 24.9. The van der Waals surface area contributed by atoms with Crippen molar-refractivity contribution in [1.82, 2.24) is 4.90 Å². The summed E-state index contributed by atoms with van der Waals surface area (Å²) in [5.74, 6) is 0.753. The van der Waals surface area contributed by atoms with Gasteiger partial charge in [-0.3, -0.25) is 4.79 Å². The minimum absolute atomic E-state index is 0.186. The van der Waals surface area contributed by atoms with Crippen molar-refractivity contribution >= 4 is 12.1 Å². The first-order valence-corrected chi connectivity index (χ1v) is 9.68. The van der Waals surface area contributed by atoms with Gasteiger partial charge in [0.1, 0.15) is 0 Å². The summed E-state index contributed by atoms with van der Waals surface area (Å²) in [6, 6.07) is 5.72. The van der Waals surface area contributed by atoms with Crippen LogP contribution in [0.15, 0.2) is 18.2 Å². The van der Waals surface area contributed by atoms with Gasteiger partial charge in [0, 0.05) is 19.0 Å². The van der Waals surface area contributed by atoms with E-state index in [-0.39, 0.29) is 24.5 Å². The van der Waals surface area contributed by atoms with Crippen molar-refractivity contribution in [3.8, 4) is 11.5 Å². The Hall–Kier alpha value is -2.44. The van der Waals surface area contributed by atoms with Crippen LogP contribution >= 0.6 is 0 Å². The maximum absolute atomic E-state index is 12.6. The molecule has 0 spiro atoms. The van der Waals surface area contributed by atoms with Gasteiger partial charge in [-0.1, -0.05) is 6.07 Å². The largest absolute Gasteiger partial charge is 0.493 e. The molecule has 1 saturated carbocycles. The highest BCUT2D eigenvalue weighted by Crippen LogP contribution is 2.46. The Morgan fingerprint density at radius 1 is 1.07 bits per heavy atom. The maximum atomic E-state index is 12.6. The van der Waals surface area contributed by atoms with Crippen LogP contribution in [0.4, 0.5) is 4.79 Å². The SMILES string of the molecule is COC(=O)N1C[C@H](c2ccc(OC)c(OC3CCCC3)c2)[C@](C)(C(=O)OC)C1. The third-order valence-corrected chi connectivity index (χ3v) is 5.96. The summed E-state index contributed by atoms with van der Waals surface area (Å²) in [6.07, 6.45) is 4.15. The Labute approximate surface area is 165 Å². The second-order valence-corrected chi connectivity index (χ2v) is 7.75. The molecule has 0 unspecified atom stereocenters. The fourth-order valence-electron chi connectivity index (χ4n) is 4.36. The minimum Gasteiger partial charge on any atom is -0.493 e. The van der Waals surface area contributed by atoms with Crippen molar-refractivity contribution in [2.75, 3.05) is 34.4 Å². The molecule has 1 aliphatic carbocycles. The molecule has 0 radical (unpaired) electrons. The number of esters is 1. The number of nitrogens with zero attached hydrogens (tertiary/aromatic N) is 1. The van der Waals surface area contributed by atoms with Crippen molar-refractivity contribution in [3.05, 3.63) is 23.8 Å². The molecule has 1 saturated heterocycles. The van der Waals surface area contributed by atoms with E-state index in [1.807, 2.05) is 25.1 Å². The molecule has 1 aliphatic heterocycles. The molecule has 1 heterocycles. The molecule has 154 valence electrons. The van der Waals surface area contributed by atoms with Gasteiger partial charge in [0.2, 0.25) is 0 Å². The quantitative estimate of drug-likeness (QED) is 0.717. The van der Waals surface area contributed by atoms with Crippen LogP contribution in [-0.4, -0.2) is 57.5 Å². The number of hydrogen-bond acceptors (Lipinski definition) is 6. The zero-order chi connectivity index (χ0) is 20.3. The van der Waals surface area contributed by atoms with E-state index in [2.05, 4.69) is 0 Å². The molecule has 0 bridgehead atoms. The average molecular weight is 391 g/mol. The zero-order valence-electron chi connectivity index (χ0n) is 17.0. The highest BCUT2D eigenvalue weighted by atomic mass is 16.5. The lowest BCUT2D eigenvalue weighted by Crippen LogP contribution is -2.37. The van der Waals surface area contributed by atoms with Gasteiger partial charge in [0.15, 0.2) is 11.5 Å². The zero-order valence-corrected chi connectivity index (χ0v) is 17.0. The van der Waals surface area contributed by atoms with Gasteiger partial charge in [-0.05, 0) is 50.3 Å². The van der Waals surface area contributed by atoms with Gasteiger partial charge >= 0.3 is 12.1 Å². The first-order valence-electron chi connectivity index (χ1n) is 9.68. The molecule has 28 heavy (non-hydrogen) atoms. The van der Waals surface area contributed by atoms with Crippen molar-refractivity contribution in [2.24, 2.45) is 5.41 Å². The monoisotopic (exact) mass is 391 g/mol. The van der Waals surface area contributed by atoms with E-state index in [1.165, 1.54) is 27.1 Å². The molecule has 1 aromatic rings. The molecule has 1 aromatic carbocycles. The molecule has 3 rings (SSSR count). The lowest BCUT2D eigenvalue weighted by molar-refractivity contribution is -0.151. The van der Waals surface area contributed by atoms with Gasteiger partial charge < -0.3 is 23.8 Å². The minimum atomic E-state index is -0.873. The smallest absolute Gasteiger partial charge is 0.409 e. The molecular weight excluding hydrogens is 362 g/mol. The summed E-state index contributed by atoms with van der Waals surface area (Å²) in [5, 5.41) is 0. The molecule has 2 atom stereocenters. The number of likely N-dealkylation sites (tertiary alicyclic amines) is 1. The molecular formula is C21H29NO6. The van der Waals surface area contributed by atoms with Gasteiger partial charge in [0.05, 0.1) is 32.8 Å². The van der Waals surface area contributed by atoms with E-state index < -0.39 is 11.5 Å². The van der Waals surface area contributed by atoms with Gasteiger partial charge in [-0.25, -0.2) is 4.79 Å². The van der Waals surface area contributed by atoms with Crippen molar-refractivity contribution in [2.45, 2.75) is 44.6 Å². The number of methoxy groups -OCH3 is 3. The number of carbonyl (C=O) groups is 2. The number of benzene rings is 1. The molecule has 2 fully saturated rings. The Kier molecular flexibility index (Phi) is 6.01. The Morgan fingerprint density at radius 2 is 1.79 bits per heavy atom. The average Bonchev–Trinajstić information content (AvgIpc) is 3.35. The maximum Gasteiger partial charge on any atom is 0.409 e. The molecule has 7 nitrogen and oxygen atoms in total. The second kappa shape index (κ2) is 8.29. The molecule has 1 amide bonds. The van der Waals surface area contributed by atoms with E-state index in [0.29, 0.717) is 18.0 Å². The summed E-state index contributed by atoms with van der Waals surface area (Å²) >= 11 is 0. The van der Waals surface area contributed by atoms with E-state index in [0.717, 1.165) is 18.4 Å². The predicted octanol–water partition coefficient (Wildman–Crippen LogP) is 3.36. The first-order chi connectivity index (χ1) is 13.4. The summed E-state index contributed by atoms with van der Waals surface area (Å²) in [5.41, 5.74) is 0.0374. The number of hydrogen-bond donors (Lipinski definition) is 0. The molecule has 0 aromatic heterocycles. The standard InChI is InChI=1S/C21H29NO6/c1-21(19(23)26-3)13-22(20(24)27-4)12-16(21)14-9-10-17(25-2)18(11-14)28-15-7-5-6-8-15/h9-11,15-16H,5-8,12-13H2,1-4H3/t16-,21-/m1/s1. The third kappa shape index (κ3) is 3.75. The first kappa shape index (κ1) is 20.3. The van der Waals surface area contributed by atoms with Gasteiger partial charge in [-0.15, -0.1) is 0 Å². The van der Waals surface area contributed by atoms with Crippen LogP contribution in [0.2, 0.25) is 0 Å². The van der Waals surface area contributed by atoms with Gasteiger partial charge in [0.25, 0.3) is 0 Å². The highest BCUT2D eigenvalue weighted by molar-refractivity contribution is 5.81. The number of carbonyl (C=O) groups excluding carboxylic acids is 2. The van der Waals surface area contributed by atoms with E-state index >= 15 is 0 Å². The summed E-state index contributed by atoms with van der Waals surface area (Å²) in [6.45, 7) is 2.43. The fraction of sp³-hybridized carbons (Fsp3) is 0.619. The van der Waals surface area contributed by atoms with Crippen LogP contribution in [-0.2, 0) is 14.3 Å². The molecule has 7 heteroatoms. The van der Waals surface area contributed by atoms with Crippen molar-refractivity contribution in [1.29, 1.82) is 0 Å². The third-order valence-electron chi connectivity index (χ3n) is 5.96. The van der Waals surface area contributed by atoms with Crippen LogP contribution in [0.1, 0.15) is 44.1 Å². The lowest BCUT2D eigenvalue weighted by Gasteiger charge is -2.28. The predicted molar refractivity (Wildman–Crippen MR) is 103 cm³/mol. The van der Waals surface area contributed by atoms with E-state index in [4.69, 9.17) is 18.9 Å². The van der Waals surface area contributed by atoms with Crippen LogP contribution in [0.5, 0.6) is 11.5 Å².